The standard InChI is InChI=1S/C23H27N5O6S.C2HF3O2/c1-3-33-20(31)23(2)9-4-10-27(19(23)30)14-5-7-15(8-6-14)28-13-16(34-22(28)32)11-25-18(29)17-12-26-21(24)35-17;3-2(4,5)1(6)7/h5-8,12,16H,3-4,9-11,13H2,1-2H3,(H2,24,26)(H,25,29);(H,6,7)/t16-,23?;/m0./s1. The fraction of sp³-hybridized carbons (Fsp3) is 0.440. The lowest BCUT2D eigenvalue weighted by molar-refractivity contribution is -0.192. The zero-order valence-corrected chi connectivity index (χ0v) is 23.3. The van der Waals surface area contributed by atoms with Gasteiger partial charge in [-0.2, -0.15) is 13.2 Å². The Labute approximate surface area is 241 Å². The van der Waals surface area contributed by atoms with Gasteiger partial charge in [0.15, 0.2) is 5.13 Å². The number of nitrogens with one attached hydrogen (secondary N) is 1. The van der Waals surface area contributed by atoms with Gasteiger partial charge in [-0.25, -0.2) is 14.6 Å². The summed E-state index contributed by atoms with van der Waals surface area (Å²) < 4.78 is 42.2. The molecule has 1 aromatic heterocycles. The molecule has 2 aliphatic heterocycles. The van der Waals surface area contributed by atoms with Gasteiger partial charge in [-0.05, 0) is 51.0 Å². The van der Waals surface area contributed by atoms with E-state index in [1.54, 1.807) is 43.0 Å². The van der Waals surface area contributed by atoms with E-state index in [9.17, 15) is 32.3 Å². The number of cyclic esters (lactones) is 1. The van der Waals surface area contributed by atoms with Crippen LogP contribution in [0.15, 0.2) is 30.5 Å². The Balaban J connectivity index is 0.000000616. The van der Waals surface area contributed by atoms with Crippen LogP contribution < -0.4 is 20.9 Å². The number of nitrogen functional groups attached to an aromatic ring is 1. The molecule has 4 N–H and O–H groups in total. The van der Waals surface area contributed by atoms with Crippen molar-refractivity contribution in [2.45, 2.75) is 39.0 Å². The van der Waals surface area contributed by atoms with Crippen LogP contribution >= 0.6 is 11.3 Å². The first-order valence-electron chi connectivity index (χ1n) is 12.5. The maximum atomic E-state index is 13.1. The molecule has 2 aliphatic rings. The number of alkyl halides is 3. The number of halogens is 3. The van der Waals surface area contributed by atoms with Crippen LogP contribution in [0, 0.1) is 5.41 Å². The summed E-state index contributed by atoms with van der Waals surface area (Å²) in [4.78, 5) is 66.3. The third-order valence-electron chi connectivity index (χ3n) is 6.33. The molecule has 4 rings (SSSR count). The van der Waals surface area contributed by atoms with Crippen LogP contribution in [0.2, 0.25) is 0 Å². The first-order chi connectivity index (χ1) is 19.7. The quantitative estimate of drug-likeness (QED) is 0.309. The molecule has 3 amide bonds. The predicted octanol–water partition coefficient (Wildman–Crippen LogP) is 2.81. The molecule has 17 heteroatoms. The lowest BCUT2D eigenvalue weighted by Gasteiger charge is -2.37. The Kier molecular flexibility index (Phi) is 9.98. The summed E-state index contributed by atoms with van der Waals surface area (Å²) in [5.41, 5.74) is 5.57. The van der Waals surface area contributed by atoms with Gasteiger partial charge in [0.2, 0.25) is 5.91 Å². The molecule has 2 aromatic rings. The molecule has 0 aliphatic carbocycles. The predicted molar refractivity (Wildman–Crippen MR) is 143 cm³/mol. The van der Waals surface area contributed by atoms with Crippen LogP contribution in [0.1, 0.15) is 36.4 Å². The van der Waals surface area contributed by atoms with Crippen molar-refractivity contribution in [3.8, 4) is 0 Å². The van der Waals surface area contributed by atoms with Crippen molar-refractivity contribution in [2.75, 3.05) is 41.8 Å². The Morgan fingerprint density at radius 3 is 2.33 bits per heavy atom. The summed E-state index contributed by atoms with van der Waals surface area (Å²) in [6.45, 7) is 4.44. The van der Waals surface area contributed by atoms with Gasteiger partial charge in [-0.15, -0.1) is 0 Å². The van der Waals surface area contributed by atoms with Crippen LogP contribution in [0.5, 0.6) is 0 Å². The molecule has 0 bridgehead atoms. The topological polar surface area (TPSA) is 181 Å². The molecule has 0 spiro atoms. The van der Waals surface area contributed by atoms with Crippen molar-refractivity contribution in [3.63, 3.8) is 0 Å². The number of carbonyl (C=O) groups excluding carboxylic acids is 4. The van der Waals surface area contributed by atoms with Gasteiger partial charge in [0.05, 0.1) is 25.9 Å². The van der Waals surface area contributed by atoms with E-state index in [0.717, 1.165) is 11.3 Å². The number of piperidine rings is 1. The second kappa shape index (κ2) is 13.1. The van der Waals surface area contributed by atoms with Crippen molar-refractivity contribution >= 4 is 57.7 Å². The number of anilines is 3. The monoisotopic (exact) mass is 615 g/mol. The lowest BCUT2D eigenvalue weighted by atomic mass is 9.80. The van der Waals surface area contributed by atoms with E-state index in [0.29, 0.717) is 40.8 Å². The Morgan fingerprint density at radius 1 is 1.21 bits per heavy atom. The highest BCUT2D eigenvalue weighted by atomic mass is 32.1. The Bertz CT molecular complexity index is 1340. The third kappa shape index (κ3) is 7.45. The van der Waals surface area contributed by atoms with Crippen LogP contribution in [0.3, 0.4) is 0 Å². The highest BCUT2D eigenvalue weighted by Crippen LogP contribution is 2.35. The number of esters is 1. The van der Waals surface area contributed by atoms with Gasteiger partial charge in [0, 0.05) is 17.9 Å². The molecule has 0 saturated carbocycles. The number of aromatic nitrogens is 1. The number of benzene rings is 1. The molecule has 3 heterocycles. The largest absolute Gasteiger partial charge is 0.490 e. The van der Waals surface area contributed by atoms with Crippen molar-refractivity contribution in [2.24, 2.45) is 5.41 Å². The number of ether oxygens (including phenoxy) is 2. The van der Waals surface area contributed by atoms with Crippen molar-refractivity contribution in [1.29, 1.82) is 0 Å². The molecule has 1 aromatic carbocycles. The maximum absolute atomic E-state index is 13.1. The second-order valence-corrected chi connectivity index (χ2v) is 10.4. The maximum Gasteiger partial charge on any atom is 0.490 e. The van der Waals surface area contributed by atoms with Gasteiger partial charge in [0.1, 0.15) is 16.4 Å². The summed E-state index contributed by atoms with van der Waals surface area (Å²) in [6.07, 6.45) is -3.63. The second-order valence-electron chi connectivity index (χ2n) is 9.32. The number of amides is 3. The molecule has 2 fully saturated rings. The van der Waals surface area contributed by atoms with Crippen molar-refractivity contribution in [3.05, 3.63) is 35.3 Å². The van der Waals surface area contributed by atoms with Gasteiger partial charge in [-0.1, -0.05) is 11.3 Å². The molecular weight excluding hydrogens is 587 g/mol. The fourth-order valence-electron chi connectivity index (χ4n) is 4.16. The zero-order valence-electron chi connectivity index (χ0n) is 22.5. The van der Waals surface area contributed by atoms with Gasteiger partial charge >= 0.3 is 24.2 Å². The normalized spacial score (nSPS) is 20.4. The van der Waals surface area contributed by atoms with Gasteiger partial charge < -0.3 is 30.5 Å². The van der Waals surface area contributed by atoms with Crippen molar-refractivity contribution < 1.29 is 51.7 Å². The lowest BCUT2D eigenvalue weighted by Crippen LogP contribution is -2.52. The minimum Gasteiger partial charge on any atom is -0.475 e. The summed E-state index contributed by atoms with van der Waals surface area (Å²) in [5, 5.41) is 10.1. The molecule has 13 nitrogen and oxygen atoms in total. The van der Waals surface area contributed by atoms with Crippen LogP contribution in [0.25, 0.3) is 0 Å². The minimum absolute atomic E-state index is 0.145. The number of thiazole rings is 1. The molecule has 228 valence electrons. The van der Waals surface area contributed by atoms with Crippen molar-refractivity contribution in [1.82, 2.24) is 10.3 Å². The summed E-state index contributed by atoms with van der Waals surface area (Å²) in [6, 6.07) is 6.92. The van der Waals surface area contributed by atoms with E-state index in [2.05, 4.69) is 10.3 Å². The van der Waals surface area contributed by atoms with E-state index >= 15 is 0 Å². The summed E-state index contributed by atoms with van der Waals surface area (Å²) >= 11 is 1.08. The highest BCUT2D eigenvalue weighted by Gasteiger charge is 2.47. The van der Waals surface area contributed by atoms with E-state index in [-0.39, 0.29) is 31.5 Å². The number of nitrogens with zero attached hydrogens (tertiary/aromatic N) is 3. The first-order valence-corrected chi connectivity index (χ1v) is 13.4. The summed E-state index contributed by atoms with van der Waals surface area (Å²) in [7, 11) is 0. The molecule has 0 radical (unpaired) electrons. The van der Waals surface area contributed by atoms with E-state index in [4.69, 9.17) is 25.1 Å². The smallest absolute Gasteiger partial charge is 0.475 e. The van der Waals surface area contributed by atoms with Gasteiger partial charge in [-0.3, -0.25) is 19.3 Å². The van der Waals surface area contributed by atoms with Crippen LogP contribution in [-0.4, -0.2) is 78.5 Å². The number of hydrogen-bond donors (Lipinski definition) is 3. The number of carbonyl (C=O) groups is 5. The molecule has 2 saturated heterocycles. The number of carboxylic acid groups (broad SMARTS) is 1. The highest BCUT2D eigenvalue weighted by molar-refractivity contribution is 7.17. The number of hydrogen-bond acceptors (Lipinski definition) is 10. The number of aliphatic carboxylic acids is 1. The molecular formula is C25H28F3N5O8S. The number of rotatable bonds is 7. The van der Waals surface area contributed by atoms with Crippen LogP contribution in [0.4, 0.5) is 34.5 Å². The first kappa shape index (κ1) is 32.1. The SMILES string of the molecule is CCOC(=O)C1(C)CCCN(c2ccc(N3C[C@H](CNC(=O)c4cnc(N)s4)OC3=O)cc2)C1=O.O=C(O)C(F)(F)F. The molecule has 42 heavy (non-hydrogen) atoms. The zero-order chi connectivity index (χ0) is 31.2. The molecule has 2 atom stereocenters. The Morgan fingerprint density at radius 2 is 1.81 bits per heavy atom. The average Bonchev–Trinajstić information content (AvgIpc) is 3.54. The Hall–Kier alpha value is -4.41. The van der Waals surface area contributed by atoms with E-state index < -0.39 is 35.7 Å². The van der Waals surface area contributed by atoms with E-state index in [1.165, 1.54) is 11.1 Å². The number of carboxylic acids is 1. The average molecular weight is 616 g/mol. The minimum atomic E-state index is -5.08. The summed E-state index contributed by atoms with van der Waals surface area (Å²) in [5.74, 6) is -3.90. The number of nitrogens with two attached hydrogens (primary N) is 1. The fourth-order valence-corrected chi connectivity index (χ4v) is 4.76. The van der Waals surface area contributed by atoms with Crippen LogP contribution in [-0.2, 0) is 23.9 Å². The third-order valence-corrected chi connectivity index (χ3v) is 7.15. The van der Waals surface area contributed by atoms with Gasteiger partial charge in [0.25, 0.3) is 5.91 Å². The molecule has 1 unspecified atom stereocenters. The van der Waals surface area contributed by atoms with E-state index in [1.807, 2.05) is 0 Å².